The summed E-state index contributed by atoms with van der Waals surface area (Å²) in [7, 11) is 1.44. The number of hydrogen-bond acceptors (Lipinski definition) is 6. The number of nitrogens with two attached hydrogens (primary N) is 1. The molecule has 6 aromatic rings. The summed E-state index contributed by atoms with van der Waals surface area (Å²) >= 11 is 0. The predicted molar refractivity (Wildman–Crippen MR) is 182 cm³/mol. The molecule has 47 heavy (non-hydrogen) atoms. The highest BCUT2D eigenvalue weighted by Crippen LogP contribution is 2.36. The van der Waals surface area contributed by atoms with Crippen molar-refractivity contribution in [2.24, 2.45) is 5.73 Å². The summed E-state index contributed by atoms with van der Waals surface area (Å²) in [4.78, 5) is 32.4. The quantitative estimate of drug-likeness (QED) is 0.218. The predicted octanol–water partition coefficient (Wildman–Crippen LogP) is 6.24. The van der Waals surface area contributed by atoms with Crippen molar-refractivity contribution >= 4 is 34.1 Å². The lowest BCUT2D eigenvalue weighted by atomic mass is 9.93. The normalized spacial score (nSPS) is 14.1. The number of phenolic OH excluding ortho intramolecular Hbond substituents is 1. The first-order chi connectivity index (χ1) is 23.0. The van der Waals surface area contributed by atoms with Gasteiger partial charge in [-0.1, -0.05) is 78.9 Å². The van der Waals surface area contributed by atoms with Gasteiger partial charge in [-0.15, -0.1) is 0 Å². The number of fused-ring (bicyclic) bond motifs is 2. The van der Waals surface area contributed by atoms with Crippen molar-refractivity contribution in [3.8, 4) is 17.2 Å². The summed E-state index contributed by atoms with van der Waals surface area (Å²) in [5.74, 6) is -0.677. The van der Waals surface area contributed by atoms with Gasteiger partial charge in [-0.2, -0.15) is 5.10 Å². The minimum Gasteiger partial charge on any atom is -0.504 e. The number of anilines is 2. The molecule has 5 aromatic carbocycles. The number of methoxy groups -OCH3 is 1. The summed E-state index contributed by atoms with van der Waals surface area (Å²) in [6.07, 6.45) is 0.619. The topological polar surface area (TPSA) is 114 Å². The van der Waals surface area contributed by atoms with Crippen molar-refractivity contribution in [2.75, 3.05) is 18.6 Å². The average Bonchev–Trinajstić information content (AvgIpc) is 3.51. The van der Waals surface area contributed by atoms with Crippen molar-refractivity contribution in [1.82, 2.24) is 14.7 Å². The summed E-state index contributed by atoms with van der Waals surface area (Å²) in [5.41, 5.74) is 11.2. The summed E-state index contributed by atoms with van der Waals surface area (Å²) in [5, 5.41) is 16.4. The van der Waals surface area contributed by atoms with Crippen LogP contribution in [0.5, 0.6) is 11.5 Å². The second kappa shape index (κ2) is 12.5. The first-order valence-corrected chi connectivity index (χ1v) is 15.4. The van der Waals surface area contributed by atoms with E-state index in [-0.39, 0.29) is 47.2 Å². The Balaban J connectivity index is 1.39. The number of ether oxygens (including phenoxy) is 1. The number of carbonyl (C=O) groups excluding carboxylic acids is 2. The lowest BCUT2D eigenvalue weighted by molar-refractivity contribution is 0.0647. The van der Waals surface area contributed by atoms with E-state index in [2.05, 4.69) is 6.07 Å². The zero-order chi connectivity index (χ0) is 32.5. The van der Waals surface area contributed by atoms with Crippen LogP contribution in [0.4, 0.5) is 11.4 Å². The van der Waals surface area contributed by atoms with Crippen molar-refractivity contribution in [3.63, 3.8) is 0 Å². The molecule has 0 fully saturated rings. The van der Waals surface area contributed by atoms with Gasteiger partial charge >= 0.3 is 0 Å². The number of phenols is 1. The van der Waals surface area contributed by atoms with Gasteiger partial charge in [0.1, 0.15) is 0 Å². The molecule has 1 aliphatic rings. The third kappa shape index (κ3) is 5.36. The molecule has 0 radical (unpaired) electrons. The van der Waals surface area contributed by atoms with E-state index in [1.165, 1.54) is 13.2 Å². The largest absolute Gasteiger partial charge is 0.504 e. The number of hydrogen-bond donors (Lipinski definition) is 2. The molecule has 0 spiro atoms. The number of benzene rings is 5. The lowest BCUT2D eigenvalue weighted by Crippen LogP contribution is -2.48. The molecule has 0 bridgehead atoms. The van der Waals surface area contributed by atoms with Gasteiger partial charge in [0, 0.05) is 42.0 Å². The van der Waals surface area contributed by atoms with Crippen molar-refractivity contribution in [3.05, 3.63) is 144 Å². The molecule has 0 saturated heterocycles. The number of aromatic hydroxyl groups is 1. The first kappa shape index (κ1) is 29.8. The third-order valence-corrected chi connectivity index (χ3v) is 8.67. The van der Waals surface area contributed by atoms with Crippen LogP contribution in [-0.2, 0) is 13.0 Å². The number of rotatable bonds is 7. The van der Waals surface area contributed by atoms with Gasteiger partial charge in [-0.25, -0.2) is 4.68 Å². The molecule has 9 heteroatoms. The van der Waals surface area contributed by atoms with Gasteiger partial charge in [-0.3, -0.25) is 14.5 Å². The molecule has 1 aromatic heterocycles. The molecule has 9 nitrogen and oxygen atoms in total. The van der Waals surface area contributed by atoms with Crippen molar-refractivity contribution in [2.45, 2.75) is 19.0 Å². The van der Waals surface area contributed by atoms with E-state index < -0.39 is 0 Å². The average molecular weight is 624 g/mol. The fraction of sp³-hybridized carbons (Fsp3) is 0.132. The second-order valence-electron chi connectivity index (χ2n) is 11.4. The Morgan fingerprint density at radius 3 is 2.15 bits per heavy atom. The summed E-state index contributed by atoms with van der Waals surface area (Å²) in [6.45, 7) is 0.644. The molecule has 1 atom stereocenters. The highest BCUT2D eigenvalue weighted by Gasteiger charge is 2.33. The van der Waals surface area contributed by atoms with Crippen LogP contribution in [0.25, 0.3) is 16.6 Å². The van der Waals surface area contributed by atoms with Crippen LogP contribution in [0.15, 0.2) is 121 Å². The molecule has 234 valence electrons. The SMILES string of the molecule is COc1cc(-n2nc(C(=O)N(c3ccccc3)c3ccccc3)c3ccccc32)c(C(=O)N2Cc3ccccc3C[C@H]2CN)cc1O. The first-order valence-electron chi connectivity index (χ1n) is 15.4. The van der Waals surface area contributed by atoms with Crippen LogP contribution in [0, 0.1) is 0 Å². The van der Waals surface area contributed by atoms with Crippen molar-refractivity contribution in [1.29, 1.82) is 0 Å². The van der Waals surface area contributed by atoms with E-state index >= 15 is 0 Å². The minimum atomic E-state index is -0.341. The van der Waals surface area contributed by atoms with Crippen molar-refractivity contribution < 1.29 is 19.4 Å². The molecule has 1 aliphatic heterocycles. The van der Waals surface area contributed by atoms with Gasteiger partial charge in [0.05, 0.1) is 23.9 Å². The van der Waals surface area contributed by atoms with Gasteiger partial charge < -0.3 is 20.5 Å². The van der Waals surface area contributed by atoms with Gasteiger partial charge in [0.25, 0.3) is 11.8 Å². The fourth-order valence-corrected chi connectivity index (χ4v) is 6.31. The van der Waals surface area contributed by atoms with Crippen LogP contribution in [0.2, 0.25) is 0 Å². The smallest absolute Gasteiger partial charge is 0.283 e. The third-order valence-electron chi connectivity index (χ3n) is 8.67. The highest BCUT2D eigenvalue weighted by atomic mass is 16.5. The number of nitrogens with zero attached hydrogens (tertiary/aromatic N) is 4. The maximum atomic E-state index is 14.5. The monoisotopic (exact) mass is 623 g/mol. The van der Waals surface area contributed by atoms with E-state index in [4.69, 9.17) is 15.6 Å². The Morgan fingerprint density at radius 2 is 1.49 bits per heavy atom. The molecule has 0 unspecified atom stereocenters. The van der Waals surface area contributed by atoms with Gasteiger partial charge in [0.2, 0.25) is 0 Å². The number of para-hydroxylation sites is 3. The van der Waals surface area contributed by atoms with Crippen LogP contribution in [0.1, 0.15) is 32.0 Å². The standard InChI is InChI=1S/C38H33N5O4/c1-47-35-22-33(31(21-34(35)44)37(45)41-24-26-13-9-8-12-25(26)20-29(41)23-39)43-32-19-11-10-18-30(32)36(40-43)38(46)42(27-14-4-2-5-15-27)28-16-6-3-7-17-28/h2-19,21-22,29,44H,20,23-24,39H2,1H3/t29-/m0/s1. The molecule has 0 aliphatic carbocycles. The lowest BCUT2D eigenvalue weighted by Gasteiger charge is -2.36. The Kier molecular flexibility index (Phi) is 7.89. The zero-order valence-electron chi connectivity index (χ0n) is 25.8. The Labute approximate surface area is 272 Å². The number of aromatic nitrogens is 2. The van der Waals surface area contributed by atoms with Gasteiger partial charge in [-0.05, 0) is 53.9 Å². The minimum absolute atomic E-state index is 0.165. The molecule has 2 amide bonds. The second-order valence-corrected chi connectivity index (χ2v) is 11.4. The molecular formula is C38H33N5O4. The number of carbonyl (C=O) groups is 2. The van der Waals surface area contributed by atoms with Crippen LogP contribution in [-0.4, -0.2) is 51.3 Å². The molecule has 2 heterocycles. The maximum Gasteiger partial charge on any atom is 0.283 e. The Bertz CT molecular complexity index is 2060. The zero-order valence-corrected chi connectivity index (χ0v) is 25.8. The molecule has 7 rings (SSSR count). The van der Waals surface area contributed by atoms with Crippen LogP contribution in [0.3, 0.4) is 0 Å². The summed E-state index contributed by atoms with van der Waals surface area (Å²) < 4.78 is 7.07. The molecular weight excluding hydrogens is 590 g/mol. The van der Waals surface area contributed by atoms with E-state index in [1.54, 1.807) is 20.5 Å². The highest BCUT2D eigenvalue weighted by molar-refractivity contribution is 6.16. The van der Waals surface area contributed by atoms with E-state index in [9.17, 15) is 14.7 Å². The Hall–Kier alpha value is -5.93. The molecule has 0 saturated carbocycles. The van der Waals surface area contributed by atoms with E-state index in [0.717, 1.165) is 11.1 Å². The van der Waals surface area contributed by atoms with Crippen LogP contribution >= 0.6 is 0 Å². The van der Waals surface area contributed by atoms with E-state index in [0.29, 0.717) is 40.9 Å². The van der Waals surface area contributed by atoms with Crippen LogP contribution < -0.4 is 15.4 Å². The van der Waals surface area contributed by atoms with E-state index in [1.807, 2.05) is 103 Å². The maximum absolute atomic E-state index is 14.5. The fourth-order valence-electron chi connectivity index (χ4n) is 6.31. The number of amides is 2. The molecule has 3 N–H and O–H groups in total. The van der Waals surface area contributed by atoms with Gasteiger partial charge in [0.15, 0.2) is 17.2 Å². The Morgan fingerprint density at radius 1 is 0.872 bits per heavy atom. The summed E-state index contributed by atoms with van der Waals surface area (Å²) in [6, 6.07) is 36.9.